The zero-order valence-corrected chi connectivity index (χ0v) is 13.3. The Kier molecular flexibility index (Phi) is 3.83. The van der Waals surface area contributed by atoms with Crippen molar-refractivity contribution in [1.82, 2.24) is 5.32 Å². The Bertz CT molecular complexity index is 726. The standard InChI is InChI=1S/C14H19NO4S2/c16-20(17)8-5-11(6-9-20)15-13-7-10-21(18,19)14-4-2-1-3-12(13)14/h1-4,11,13,15H,5-10H2. The highest BCUT2D eigenvalue weighted by Crippen LogP contribution is 2.32. The van der Waals surface area contributed by atoms with Crippen LogP contribution in [0.2, 0.25) is 0 Å². The fraction of sp³-hybridized carbons (Fsp3) is 0.571. The Hall–Kier alpha value is -0.920. The fourth-order valence-corrected chi connectivity index (χ4v) is 6.22. The first-order chi connectivity index (χ1) is 9.87. The van der Waals surface area contributed by atoms with Crippen molar-refractivity contribution in [2.24, 2.45) is 0 Å². The summed E-state index contributed by atoms with van der Waals surface area (Å²) in [4.78, 5) is 0.414. The van der Waals surface area contributed by atoms with Crippen LogP contribution in [0.25, 0.3) is 0 Å². The Labute approximate surface area is 125 Å². The van der Waals surface area contributed by atoms with Crippen LogP contribution in [0.4, 0.5) is 0 Å². The molecule has 0 radical (unpaired) electrons. The number of rotatable bonds is 2. The minimum atomic E-state index is -3.17. The summed E-state index contributed by atoms with van der Waals surface area (Å²) < 4.78 is 47.1. The highest BCUT2D eigenvalue weighted by atomic mass is 32.2. The minimum Gasteiger partial charge on any atom is -0.307 e. The van der Waals surface area contributed by atoms with E-state index in [0.717, 1.165) is 5.56 Å². The second-order valence-electron chi connectivity index (χ2n) is 5.79. The topological polar surface area (TPSA) is 80.3 Å². The highest BCUT2D eigenvalue weighted by Gasteiger charge is 2.32. The van der Waals surface area contributed by atoms with E-state index in [2.05, 4.69) is 5.32 Å². The van der Waals surface area contributed by atoms with Gasteiger partial charge in [0.1, 0.15) is 9.84 Å². The molecule has 1 N–H and O–H groups in total. The van der Waals surface area contributed by atoms with Gasteiger partial charge in [-0.3, -0.25) is 0 Å². The van der Waals surface area contributed by atoms with Crippen LogP contribution in [-0.4, -0.2) is 40.1 Å². The number of nitrogens with one attached hydrogen (secondary N) is 1. The van der Waals surface area contributed by atoms with Crippen molar-refractivity contribution < 1.29 is 16.8 Å². The lowest BCUT2D eigenvalue weighted by Gasteiger charge is -2.32. The molecule has 5 nitrogen and oxygen atoms in total. The van der Waals surface area contributed by atoms with Crippen molar-refractivity contribution in [2.75, 3.05) is 17.3 Å². The van der Waals surface area contributed by atoms with Gasteiger partial charge in [0, 0.05) is 12.1 Å². The summed E-state index contributed by atoms with van der Waals surface area (Å²) >= 11 is 0. The van der Waals surface area contributed by atoms with Gasteiger partial charge < -0.3 is 5.32 Å². The summed E-state index contributed by atoms with van der Waals surface area (Å²) in [6.07, 6.45) is 1.75. The molecule has 3 rings (SSSR count). The maximum Gasteiger partial charge on any atom is 0.178 e. The largest absolute Gasteiger partial charge is 0.307 e. The molecule has 1 unspecified atom stereocenters. The fourth-order valence-electron chi connectivity index (χ4n) is 3.10. The molecule has 0 aliphatic carbocycles. The van der Waals surface area contributed by atoms with Gasteiger partial charge >= 0.3 is 0 Å². The summed E-state index contributed by atoms with van der Waals surface area (Å²) in [5, 5.41) is 3.46. The average Bonchev–Trinajstić information content (AvgIpc) is 2.44. The average molecular weight is 329 g/mol. The van der Waals surface area contributed by atoms with Crippen LogP contribution < -0.4 is 5.32 Å². The first-order valence-corrected chi connectivity index (χ1v) is 10.6. The van der Waals surface area contributed by atoms with Crippen LogP contribution in [0.5, 0.6) is 0 Å². The quantitative estimate of drug-likeness (QED) is 0.878. The third-order valence-corrected chi connectivity index (χ3v) is 7.83. The lowest BCUT2D eigenvalue weighted by molar-refractivity contribution is 0.390. The van der Waals surface area contributed by atoms with Gasteiger partial charge in [0.05, 0.1) is 22.2 Å². The van der Waals surface area contributed by atoms with E-state index in [9.17, 15) is 16.8 Å². The van der Waals surface area contributed by atoms with Gasteiger partial charge in [-0.05, 0) is 30.9 Å². The zero-order valence-electron chi connectivity index (χ0n) is 11.7. The van der Waals surface area contributed by atoms with Crippen molar-refractivity contribution in [2.45, 2.75) is 36.2 Å². The van der Waals surface area contributed by atoms with E-state index in [4.69, 9.17) is 0 Å². The van der Waals surface area contributed by atoms with E-state index in [1.807, 2.05) is 12.1 Å². The molecule has 0 saturated carbocycles. The summed E-state index contributed by atoms with van der Waals surface area (Å²) in [7, 11) is -6.04. The lowest BCUT2D eigenvalue weighted by atomic mass is 10.0. The van der Waals surface area contributed by atoms with E-state index in [1.165, 1.54) is 0 Å². The third-order valence-electron chi connectivity index (χ3n) is 4.30. The molecule has 7 heteroatoms. The number of hydrogen-bond donors (Lipinski definition) is 1. The molecule has 1 atom stereocenters. The number of fused-ring (bicyclic) bond motifs is 1. The molecule has 2 aliphatic rings. The smallest absolute Gasteiger partial charge is 0.178 e. The molecule has 0 spiro atoms. The van der Waals surface area contributed by atoms with Crippen molar-refractivity contribution in [3.8, 4) is 0 Å². The second kappa shape index (κ2) is 5.37. The van der Waals surface area contributed by atoms with Gasteiger partial charge in [-0.1, -0.05) is 18.2 Å². The molecule has 2 aliphatic heterocycles. The van der Waals surface area contributed by atoms with E-state index >= 15 is 0 Å². The number of hydrogen-bond acceptors (Lipinski definition) is 5. The second-order valence-corrected chi connectivity index (χ2v) is 10.2. The minimum absolute atomic E-state index is 0.00414. The molecule has 2 heterocycles. The molecule has 0 bridgehead atoms. The zero-order chi connectivity index (χ0) is 15.1. The Morgan fingerprint density at radius 1 is 0.905 bits per heavy atom. The van der Waals surface area contributed by atoms with Crippen molar-refractivity contribution >= 4 is 19.7 Å². The summed E-state index contributed by atoms with van der Waals surface area (Å²) in [6.45, 7) is 0. The van der Waals surface area contributed by atoms with E-state index in [-0.39, 0.29) is 29.3 Å². The molecule has 1 saturated heterocycles. The highest BCUT2D eigenvalue weighted by molar-refractivity contribution is 7.91. The van der Waals surface area contributed by atoms with E-state index in [0.29, 0.717) is 24.2 Å². The van der Waals surface area contributed by atoms with Gasteiger partial charge in [-0.2, -0.15) is 0 Å². The molecular formula is C14H19NO4S2. The first-order valence-electron chi connectivity index (χ1n) is 7.15. The third kappa shape index (κ3) is 3.14. The predicted octanol–water partition coefficient (Wildman–Crippen LogP) is 1.07. The molecule has 1 aromatic rings. The maximum atomic E-state index is 12.1. The Balaban J connectivity index is 1.79. The summed E-state index contributed by atoms with van der Waals surface area (Å²) in [5.74, 6) is 0.585. The number of sulfone groups is 2. The molecule has 1 aromatic carbocycles. The van der Waals surface area contributed by atoms with E-state index in [1.54, 1.807) is 12.1 Å². The van der Waals surface area contributed by atoms with Crippen LogP contribution in [0.1, 0.15) is 30.9 Å². The normalized spacial score (nSPS) is 27.9. The van der Waals surface area contributed by atoms with Crippen molar-refractivity contribution in [3.05, 3.63) is 29.8 Å². The SMILES string of the molecule is O=S1(=O)CCC(NC2CCS(=O)(=O)c3ccccc32)CC1. The van der Waals surface area contributed by atoms with Crippen LogP contribution >= 0.6 is 0 Å². The van der Waals surface area contributed by atoms with Crippen LogP contribution in [0.15, 0.2) is 29.2 Å². The summed E-state index contributed by atoms with van der Waals surface area (Å²) in [5.41, 5.74) is 0.817. The van der Waals surface area contributed by atoms with Gasteiger partial charge in [0.25, 0.3) is 0 Å². The van der Waals surface area contributed by atoms with Crippen molar-refractivity contribution in [3.63, 3.8) is 0 Å². The lowest BCUT2D eigenvalue weighted by Crippen LogP contribution is -2.41. The maximum absolute atomic E-state index is 12.1. The molecule has 0 amide bonds. The van der Waals surface area contributed by atoms with Gasteiger partial charge in [0.15, 0.2) is 9.84 Å². The van der Waals surface area contributed by atoms with Gasteiger partial charge in [-0.25, -0.2) is 16.8 Å². The first kappa shape index (κ1) is 15.0. The monoisotopic (exact) mass is 329 g/mol. The molecule has 1 fully saturated rings. The molecule has 116 valence electrons. The predicted molar refractivity (Wildman–Crippen MR) is 80.7 cm³/mol. The van der Waals surface area contributed by atoms with E-state index < -0.39 is 19.7 Å². The molecule has 21 heavy (non-hydrogen) atoms. The van der Waals surface area contributed by atoms with Crippen molar-refractivity contribution in [1.29, 1.82) is 0 Å². The van der Waals surface area contributed by atoms with Crippen LogP contribution in [-0.2, 0) is 19.7 Å². The Morgan fingerprint density at radius 3 is 2.29 bits per heavy atom. The van der Waals surface area contributed by atoms with Gasteiger partial charge in [0.2, 0.25) is 0 Å². The van der Waals surface area contributed by atoms with Crippen LogP contribution in [0, 0.1) is 0 Å². The summed E-state index contributed by atoms with van der Waals surface area (Å²) in [6, 6.07) is 7.24. The number of benzene rings is 1. The van der Waals surface area contributed by atoms with Gasteiger partial charge in [-0.15, -0.1) is 0 Å². The molecule has 0 aromatic heterocycles. The Morgan fingerprint density at radius 2 is 1.57 bits per heavy atom. The molecular weight excluding hydrogens is 310 g/mol. The van der Waals surface area contributed by atoms with Crippen LogP contribution in [0.3, 0.4) is 0 Å².